The maximum Gasteiger partial charge on any atom is 0.255 e. The molecule has 1 unspecified atom stereocenters. The zero-order valence-corrected chi connectivity index (χ0v) is 26.1. The normalized spacial score (nSPS) is 14.1. The predicted molar refractivity (Wildman–Crippen MR) is 171 cm³/mol. The zero-order chi connectivity index (χ0) is 30.3. The van der Waals surface area contributed by atoms with Gasteiger partial charge in [-0.2, -0.15) is 4.98 Å². The highest BCUT2D eigenvalue weighted by Crippen LogP contribution is 2.40. The summed E-state index contributed by atoms with van der Waals surface area (Å²) in [6.45, 7) is 9.05. The quantitative estimate of drug-likeness (QED) is 0.159. The average Bonchev–Trinajstić information content (AvgIpc) is 3.40. The molecule has 0 aliphatic carbocycles. The fourth-order valence-corrected chi connectivity index (χ4v) is 5.95. The number of halogens is 1. The van der Waals surface area contributed by atoms with Gasteiger partial charge in [0.25, 0.3) is 5.91 Å². The molecule has 224 valence electrons. The molecule has 3 aromatic carbocycles. The van der Waals surface area contributed by atoms with Gasteiger partial charge in [0.1, 0.15) is 11.8 Å². The molecule has 0 spiro atoms. The van der Waals surface area contributed by atoms with Gasteiger partial charge in [0.15, 0.2) is 11.5 Å². The van der Waals surface area contributed by atoms with E-state index in [0.717, 1.165) is 11.1 Å². The number of rotatable bonds is 12. The molecule has 1 atom stereocenters. The van der Waals surface area contributed by atoms with E-state index in [1.807, 2.05) is 94.4 Å². The Hall–Kier alpha value is -4.15. The highest BCUT2D eigenvalue weighted by atomic mass is 35.5. The smallest absolute Gasteiger partial charge is 0.255 e. The molecule has 9 nitrogen and oxygen atoms in total. The number of hydrogen-bond donors (Lipinski definition) is 2. The number of para-hydroxylation sites is 2. The van der Waals surface area contributed by atoms with Crippen LogP contribution < -0.4 is 24.8 Å². The van der Waals surface area contributed by atoms with Gasteiger partial charge in [0.2, 0.25) is 11.1 Å². The second kappa shape index (κ2) is 13.9. The molecular formula is C32H34ClN5O4S. The monoisotopic (exact) mass is 619 g/mol. The molecule has 4 aromatic rings. The molecule has 1 amide bonds. The maximum absolute atomic E-state index is 14.1. The molecule has 11 heteroatoms. The molecule has 1 aliphatic heterocycles. The number of hydrogen-bond acceptors (Lipinski definition) is 8. The Morgan fingerprint density at radius 3 is 2.42 bits per heavy atom. The lowest BCUT2D eigenvalue weighted by Crippen LogP contribution is -2.31. The number of anilines is 2. The van der Waals surface area contributed by atoms with Gasteiger partial charge in [-0.25, -0.2) is 4.68 Å². The molecule has 1 aromatic heterocycles. The van der Waals surface area contributed by atoms with E-state index >= 15 is 0 Å². The number of carbonyl (C=O) groups excluding carboxylic acids is 1. The summed E-state index contributed by atoms with van der Waals surface area (Å²) in [7, 11) is 0. The molecule has 0 saturated carbocycles. The molecule has 43 heavy (non-hydrogen) atoms. The third-order valence-electron chi connectivity index (χ3n) is 6.71. The van der Waals surface area contributed by atoms with Gasteiger partial charge in [0.05, 0.1) is 31.1 Å². The molecule has 0 saturated heterocycles. The van der Waals surface area contributed by atoms with E-state index in [9.17, 15) is 4.79 Å². The highest BCUT2D eigenvalue weighted by molar-refractivity contribution is 7.98. The average molecular weight is 620 g/mol. The maximum atomic E-state index is 14.1. The van der Waals surface area contributed by atoms with Crippen molar-refractivity contribution < 1.29 is 19.0 Å². The molecule has 2 heterocycles. The van der Waals surface area contributed by atoms with Gasteiger partial charge in [-0.1, -0.05) is 59.8 Å². The van der Waals surface area contributed by atoms with Gasteiger partial charge < -0.3 is 24.8 Å². The van der Waals surface area contributed by atoms with E-state index in [0.29, 0.717) is 75.9 Å². The Balaban J connectivity index is 1.55. The number of ether oxygens (including phenoxy) is 3. The van der Waals surface area contributed by atoms with E-state index in [4.69, 9.17) is 35.9 Å². The first-order valence-electron chi connectivity index (χ1n) is 14.2. The number of benzene rings is 3. The summed E-state index contributed by atoms with van der Waals surface area (Å²) < 4.78 is 19.3. The third kappa shape index (κ3) is 6.76. The van der Waals surface area contributed by atoms with Crippen LogP contribution >= 0.6 is 23.4 Å². The number of carbonyl (C=O) groups is 1. The van der Waals surface area contributed by atoms with Gasteiger partial charge in [-0.3, -0.25) is 4.79 Å². The summed E-state index contributed by atoms with van der Waals surface area (Å²) in [5, 5.41) is 12.5. The largest absolute Gasteiger partial charge is 0.492 e. The number of fused-ring (bicyclic) bond motifs is 1. The topological polar surface area (TPSA) is 99.5 Å². The Morgan fingerprint density at radius 1 is 0.953 bits per heavy atom. The van der Waals surface area contributed by atoms with Crippen LogP contribution in [0.1, 0.15) is 44.9 Å². The summed E-state index contributed by atoms with van der Waals surface area (Å²) in [5.41, 5.74) is 3.51. The van der Waals surface area contributed by atoms with Crippen LogP contribution in [0.3, 0.4) is 0 Å². The van der Waals surface area contributed by atoms with E-state index in [1.54, 1.807) is 4.68 Å². The molecular weight excluding hydrogens is 586 g/mol. The van der Waals surface area contributed by atoms with Crippen molar-refractivity contribution in [2.45, 2.75) is 44.6 Å². The van der Waals surface area contributed by atoms with E-state index < -0.39 is 6.04 Å². The molecule has 0 radical (unpaired) electrons. The first-order chi connectivity index (χ1) is 20.9. The minimum atomic E-state index is -0.604. The summed E-state index contributed by atoms with van der Waals surface area (Å²) >= 11 is 7.86. The lowest BCUT2D eigenvalue weighted by molar-refractivity contribution is -0.113. The van der Waals surface area contributed by atoms with Crippen LogP contribution in [0, 0.1) is 0 Å². The number of thioether (sulfide) groups is 1. The fraction of sp³-hybridized carbons (Fsp3) is 0.281. The first-order valence-corrected chi connectivity index (χ1v) is 15.5. The first kappa shape index (κ1) is 30.3. The Morgan fingerprint density at radius 2 is 1.65 bits per heavy atom. The van der Waals surface area contributed by atoms with Crippen LogP contribution in [0.2, 0.25) is 5.02 Å². The van der Waals surface area contributed by atoms with Crippen LogP contribution in [-0.4, -0.2) is 40.5 Å². The van der Waals surface area contributed by atoms with Crippen molar-refractivity contribution in [3.8, 4) is 17.2 Å². The summed E-state index contributed by atoms with van der Waals surface area (Å²) in [5.74, 6) is 2.65. The van der Waals surface area contributed by atoms with Crippen molar-refractivity contribution in [1.82, 2.24) is 14.8 Å². The summed E-state index contributed by atoms with van der Waals surface area (Å²) in [6.07, 6.45) is 0. The molecule has 1 aliphatic rings. The van der Waals surface area contributed by atoms with Gasteiger partial charge in [-0.15, -0.1) is 5.10 Å². The van der Waals surface area contributed by atoms with Crippen LogP contribution in [0.5, 0.6) is 17.2 Å². The minimum Gasteiger partial charge on any atom is -0.492 e. The molecule has 5 rings (SSSR count). The van der Waals surface area contributed by atoms with Crippen molar-refractivity contribution in [2.24, 2.45) is 0 Å². The van der Waals surface area contributed by atoms with Crippen LogP contribution in [-0.2, 0) is 10.5 Å². The number of amides is 1. The number of aromatic nitrogens is 3. The van der Waals surface area contributed by atoms with Crippen LogP contribution in [0.15, 0.2) is 83.2 Å². The minimum absolute atomic E-state index is 0.291. The Bertz CT molecular complexity index is 1640. The standard InChI is InChI=1S/C32H34ClN5O4S/c1-5-40-25-15-11-10-14-24(25)35-30(39)28-20(4)34-31-36-32(43-19-22-12-8-9-13-23(22)33)37-38(31)29(28)21-16-17-26(41-6-2)27(18-21)42-7-3/h8-18,29H,5-7,19H2,1-4H3,(H,35,39)(H,34,36,37). The van der Waals surface area contributed by atoms with E-state index in [1.165, 1.54) is 11.8 Å². The SMILES string of the molecule is CCOc1ccccc1NC(=O)C1=C(C)Nc2nc(SCc3ccccc3Cl)nn2C1c1ccc(OCC)c(OCC)c1. The van der Waals surface area contributed by atoms with Crippen LogP contribution in [0.25, 0.3) is 0 Å². The summed E-state index contributed by atoms with van der Waals surface area (Å²) in [4.78, 5) is 18.8. The van der Waals surface area contributed by atoms with Crippen molar-refractivity contribution in [2.75, 3.05) is 30.5 Å². The summed E-state index contributed by atoms with van der Waals surface area (Å²) in [6, 6.07) is 20.2. The van der Waals surface area contributed by atoms with Crippen molar-refractivity contribution in [3.05, 3.63) is 94.1 Å². The second-order valence-corrected chi connectivity index (χ2v) is 10.9. The van der Waals surface area contributed by atoms with Crippen molar-refractivity contribution in [3.63, 3.8) is 0 Å². The lowest BCUT2D eigenvalue weighted by atomic mass is 9.94. The number of nitrogens with zero attached hydrogens (tertiary/aromatic N) is 3. The van der Waals surface area contributed by atoms with Gasteiger partial charge >= 0.3 is 0 Å². The van der Waals surface area contributed by atoms with Crippen LogP contribution in [0.4, 0.5) is 11.6 Å². The van der Waals surface area contributed by atoms with Crippen molar-refractivity contribution in [1.29, 1.82) is 0 Å². The fourth-order valence-electron chi connectivity index (χ4n) is 4.83. The molecule has 2 N–H and O–H groups in total. The Kier molecular flexibility index (Phi) is 9.79. The van der Waals surface area contributed by atoms with E-state index in [-0.39, 0.29) is 5.91 Å². The number of nitrogens with one attached hydrogen (secondary N) is 2. The van der Waals surface area contributed by atoms with Gasteiger partial charge in [-0.05, 0) is 69.2 Å². The van der Waals surface area contributed by atoms with Gasteiger partial charge in [0, 0.05) is 16.5 Å². The predicted octanol–water partition coefficient (Wildman–Crippen LogP) is 7.35. The van der Waals surface area contributed by atoms with E-state index in [2.05, 4.69) is 10.6 Å². The third-order valence-corrected chi connectivity index (χ3v) is 7.97. The highest BCUT2D eigenvalue weighted by Gasteiger charge is 2.35. The lowest BCUT2D eigenvalue weighted by Gasteiger charge is -2.29. The zero-order valence-electron chi connectivity index (χ0n) is 24.5. The molecule has 0 bridgehead atoms. The van der Waals surface area contributed by atoms with Crippen molar-refractivity contribution >= 4 is 40.9 Å². The second-order valence-electron chi connectivity index (χ2n) is 9.56. The molecule has 0 fully saturated rings. The number of allylic oxidation sites excluding steroid dienone is 1. The Labute approximate surface area is 260 Å².